The molecule has 0 aromatic carbocycles. The Hall–Kier alpha value is -0.136. The second-order valence-electron chi connectivity index (χ2n) is 6.21. The van der Waals surface area contributed by atoms with Gasteiger partial charge in [-0.25, -0.2) is 0 Å². The Bertz CT molecular complexity index is 289. The van der Waals surface area contributed by atoms with Crippen molar-refractivity contribution in [3.63, 3.8) is 0 Å². The fourth-order valence-electron chi connectivity index (χ4n) is 2.48. The molecule has 0 aromatic rings. The molecule has 17 heavy (non-hydrogen) atoms. The van der Waals surface area contributed by atoms with Crippen LogP contribution in [-0.2, 0) is 4.74 Å². The van der Waals surface area contributed by atoms with Crippen LogP contribution in [0, 0.1) is 0 Å². The van der Waals surface area contributed by atoms with Gasteiger partial charge in [0.25, 0.3) is 0 Å². The molecular weight excluding hydrogens is 262 g/mol. The van der Waals surface area contributed by atoms with Crippen molar-refractivity contribution in [2.45, 2.75) is 53.1 Å². The largest absolute Gasteiger partial charge is 0.484 e. The van der Waals surface area contributed by atoms with E-state index >= 15 is 0 Å². The highest BCUT2D eigenvalue weighted by atomic mass is 32.1. The van der Waals surface area contributed by atoms with Gasteiger partial charge in [-0.2, -0.15) is 0 Å². The van der Waals surface area contributed by atoms with Gasteiger partial charge < -0.3 is 8.97 Å². The van der Waals surface area contributed by atoms with Gasteiger partial charge in [-0.1, -0.05) is 39.3 Å². The number of hydrogen-bond donors (Lipinski definition) is 0. The topological polar surface area (TPSA) is 12.5 Å². The Morgan fingerprint density at radius 3 is 1.82 bits per heavy atom. The highest BCUT2D eigenvalue weighted by Crippen LogP contribution is 2.25. The van der Waals surface area contributed by atoms with Crippen LogP contribution >= 0.6 is 12.2 Å². The molecule has 0 unspecified atom stereocenters. The number of allylic oxidation sites excluding steroid dienone is 1. The lowest BCUT2D eigenvalue weighted by molar-refractivity contribution is 0.338. The van der Waals surface area contributed by atoms with Gasteiger partial charge in [-0.05, 0) is 31.8 Å². The van der Waals surface area contributed by atoms with Crippen molar-refractivity contribution < 1.29 is 4.74 Å². The van der Waals surface area contributed by atoms with Crippen LogP contribution in [0.25, 0.3) is 0 Å². The highest BCUT2D eigenvalue weighted by Gasteiger charge is 2.34. The normalized spacial score (nSPS) is 13.5. The van der Waals surface area contributed by atoms with Gasteiger partial charge in [-0.3, -0.25) is 0 Å². The minimum Gasteiger partial charge on any atom is -0.484 e. The lowest BCUT2D eigenvalue weighted by atomic mass is 10.5. The predicted octanol–water partition coefficient (Wildman–Crippen LogP) is 4.23. The molecule has 0 radical (unpaired) electrons. The summed E-state index contributed by atoms with van der Waals surface area (Å²) < 4.78 is 7.99. The maximum absolute atomic E-state index is 5.35. The summed E-state index contributed by atoms with van der Waals surface area (Å²) in [6.45, 7) is 19.0. The molecule has 0 spiro atoms. The average Bonchev–Trinajstić information content (AvgIpc) is 1.96. The Morgan fingerprint density at radius 2 is 1.53 bits per heavy atom. The molecule has 0 saturated carbocycles. The van der Waals surface area contributed by atoms with E-state index in [1.54, 1.807) is 0 Å². The molecule has 0 rings (SSSR count). The SMILES string of the molecule is CCOC(=S)/C=C(/C)N([Si](C)(C)C)[Si](C)(C)C. The van der Waals surface area contributed by atoms with Gasteiger partial charge >= 0.3 is 0 Å². The standard InChI is InChI=1S/C12H27NOSSi2/c1-9-14-12(15)10-11(2)13(16(3,4)5)17(6,7)8/h10H,9H2,1-8H3/b11-10-. The monoisotopic (exact) mass is 289 g/mol. The molecule has 0 fully saturated rings. The molecule has 0 aliphatic heterocycles. The van der Waals surface area contributed by atoms with E-state index in [1.807, 2.05) is 13.0 Å². The molecule has 100 valence electrons. The fourth-order valence-corrected chi connectivity index (χ4v) is 13.1. The number of thiocarbonyl (C=S) groups is 1. The van der Waals surface area contributed by atoms with E-state index in [4.69, 9.17) is 17.0 Å². The van der Waals surface area contributed by atoms with Crippen molar-refractivity contribution in [2.75, 3.05) is 6.61 Å². The van der Waals surface area contributed by atoms with Gasteiger partial charge in [0.15, 0.2) is 5.05 Å². The molecule has 0 aromatic heterocycles. The Labute approximate surface area is 114 Å². The number of nitrogens with zero attached hydrogens (tertiary/aromatic N) is 1. The molecule has 5 heteroatoms. The lowest BCUT2D eigenvalue weighted by Crippen LogP contribution is -2.57. The third-order valence-corrected chi connectivity index (χ3v) is 9.96. The van der Waals surface area contributed by atoms with Crippen LogP contribution in [0.15, 0.2) is 11.8 Å². The molecule has 2 nitrogen and oxygen atoms in total. The predicted molar refractivity (Wildman–Crippen MR) is 86.5 cm³/mol. The van der Waals surface area contributed by atoms with Crippen molar-refractivity contribution in [1.82, 2.24) is 4.23 Å². The van der Waals surface area contributed by atoms with Gasteiger partial charge in [0.1, 0.15) is 16.5 Å². The fraction of sp³-hybridized carbons (Fsp3) is 0.750. The van der Waals surface area contributed by atoms with E-state index in [2.05, 4.69) is 50.4 Å². The van der Waals surface area contributed by atoms with Crippen LogP contribution in [0.2, 0.25) is 39.3 Å². The molecule has 0 bridgehead atoms. The van der Waals surface area contributed by atoms with Crippen molar-refractivity contribution in [2.24, 2.45) is 0 Å². The van der Waals surface area contributed by atoms with Crippen LogP contribution < -0.4 is 0 Å². The number of ether oxygens (including phenoxy) is 1. The zero-order chi connectivity index (χ0) is 13.9. The first-order valence-electron chi connectivity index (χ1n) is 6.15. The first kappa shape index (κ1) is 16.9. The summed E-state index contributed by atoms with van der Waals surface area (Å²) >= 11 is 5.20. The maximum atomic E-state index is 5.35. The minimum atomic E-state index is -1.36. The summed E-state index contributed by atoms with van der Waals surface area (Å²) in [5, 5.41) is 0.603. The quantitative estimate of drug-likeness (QED) is 0.427. The average molecular weight is 290 g/mol. The first-order chi connectivity index (χ1) is 7.50. The minimum absolute atomic E-state index is 0.603. The van der Waals surface area contributed by atoms with Crippen LogP contribution in [0.4, 0.5) is 0 Å². The van der Waals surface area contributed by atoms with Crippen LogP contribution in [0.5, 0.6) is 0 Å². The molecule has 0 heterocycles. The van der Waals surface area contributed by atoms with Gasteiger partial charge in [0.2, 0.25) is 0 Å². The smallest absolute Gasteiger partial charge is 0.185 e. The van der Waals surface area contributed by atoms with Gasteiger partial charge in [-0.15, -0.1) is 0 Å². The lowest BCUT2D eigenvalue weighted by Gasteiger charge is -2.46. The van der Waals surface area contributed by atoms with Crippen molar-refractivity contribution in [3.8, 4) is 0 Å². The van der Waals surface area contributed by atoms with Gasteiger partial charge in [0.05, 0.1) is 6.61 Å². The Morgan fingerprint density at radius 1 is 1.12 bits per heavy atom. The van der Waals surface area contributed by atoms with E-state index in [-0.39, 0.29) is 0 Å². The molecule has 0 amide bonds. The van der Waals surface area contributed by atoms with E-state index in [0.29, 0.717) is 11.7 Å². The van der Waals surface area contributed by atoms with E-state index in [1.165, 1.54) is 5.70 Å². The van der Waals surface area contributed by atoms with Crippen molar-refractivity contribution in [1.29, 1.82) is 0 Å². The van der Waals surface area contributed by atoms with Crippen LogP contribution in [0.1, 0.15) is 13.8 Å². The van der Waals surface area contributed by atoms with Crippen molar-refractivity contribution in [3.05, 3.63) is 11.8 Å². The summed E-state index contributed by atoms with van der Waals surface area (Å²) in [5.74, 6) is 0. The molecule has 0 aliphatic rings. The number of rotatable bonds is 5. The zero-order valence-corrected chi connectivity index (χ0v) is 15.4. The summed E-state index contributed by atoms with van der Waals surface area (Å²) in [6, 6.07) is 0. The third-order valence-electron chi connectivity index (χ3n) is 2.31. The Balaban J connectivity index is 5.16. The van der Waals surface area contributed by atoms with Gasteiger partial charge in [0, 0.05) is 6.08 Å². The first-order valence-corrected chi connectivity index (χ1v) is 13.5. The van der Waals surface area contributed by atoms with E-state index in [9.17, 15) is 0 Å². The number of hydrogen-bond acceptors (Lipinski definition) is 3. The molecule has 0 atom stereocenters. The Kier molecular flexibility index (Phi) is 6.11. The molecule has 0 saturated heterocycles. The van der Waals surface area contributed by atoms with Crippen LogP contribution in [-0.4, -0.2) is 32.4 Å². The zero-order valence-electron chi connectivity index (χ0n) is 12.5. The van der Waals surface area contributed by atoms with E-state index < -0.39 is 16.5 Å². The summed E-state index contributed by atoms with van der Waals surface area (Å²) in [7, 11) is -2.73. The van der Waals surface area contributed by atoms with Crippen LogP contribution in [0.3, 0.4) is 0 Å². The second-order valence-corrected chi connectivity index (χ2v) is 16.6. The van der Waals surface area contributed by atoms with E-state index in [0.717, 1.165) is 0 Å². The second kappa shape index (κ2) is 6.15. The highest BCUT2D eigenvalue weighted by molar-refractivity contribution is 7.80. The summed E-state index contributed by atoms with van der Waals surface area (Å²) in [6.07, 6.45) is 2.01. The van der Waals surface area contributed by atoms with Crippen molar-refractivity contribution >= 4 is 33.7 Å². The summed E-state index contributed by atoms with van der Waals surface area (Å²) in [4.78, 5) is 0. The molecule has 0 N–H and O–H groups in total. The molecule has 0 aliphatic carbocycles. The molecular formula is C12H27NOSSi2. The summed E-state index contributed by atoms with van der Waals surface area (Å²) in [5.41, 5.74) is 1.27. The third kappa shape index (κ3) is 5.83. The maximum Gasteiger partial charge on any atom is 0.185 e.